The molecule has 3 atom stereocenters. The summed E-state index contributed by atoms with van der Waals surface area (Å²) in [4.78, 5) is 44.7. The highest BCUT2D eigenvalue weighted by Crippen LogP contribution is 2.41. The first-order valence-corrected chi connectivity index (χ1v) is 12.9. The Bertz CT molecular complexity index is 569. The van der Waals surface area contributed by atoms with Gasteiger partial charge < -0.3 is 25.7 Å². The Balaban J connectivity index is 2.84. The smallest absolute Gasteiger partial charge is 0.342 e. The molecule has 0 aromatic heterocycles. The largest absolute Gasteiger partial charge is 0.354 e. The molecule has 1 rings (SSSR count). The third-order valence-corrected chi connectivity index (χ3v) is 6.60. The Morgan fingerprint density at radius 2 is 1.77 bits per heavy atom. The summed E-state index contributed by atoms with van der Waals surface area (Å²) in [7, 11) is -4.38. The average Bonchev–Trinajstić information content (AvgIpc) is 2.67. The standard InChI is InChI=1S/C20H41N4O5P/c1-4-18(30(27,28)29)23-17(14-15(2)3)20(26)24-16-10-9-12-21-11-7-5-6-8-13-22-19(16)25/h15-18,21,23H,4-14H2,1-3H3,(H,22,25)(H,24,26)(H2,27,28,29)/t16?,17-,18+/m0/s1. The van der Waals surface area contributed by atoms with Gasteiger partial charge in [0.25, 0.3) is 0 Å². The number of hydrogen-bond donors (Lipinski definition) is 6. The molecule has 2 amide bonds. The number of nitrogens with one attached hydrogen (secondary N) is 4. The van der Waals surface area contributed by atoms with Crippen LogP contribution in [-0.4, -0.2) is 59.1 Å². The minimum absolute atomic E-state index is 0.139. The number of amides is 2. The second-order valence-corrected chi connectivity index (χ2v) is 10.3. The Hall–Kier alpha value is -0.990. The van der Waals surface area contributed by atoms with Gasteiger partial charge in [0.05, 0.1) is 6.04 Å². The van der Waals surface area contributed by atoms with Crippen LogP contribution in [0.5, 0.6) is 0 Å². The first kappa shape index (κ1) is 27.0. The lowest BCUT2D eigenvalue weighted by atomic mass is 10.0. The van der Waals surface area contributed by atoms with E-state index < -0.39 is 31.4 Å². The molecule has 10 heteroatoms. The van der Waals surface area contributed by atoms with E-state index in [1.807, 2.05) is 13.8 Å². The van der Waals surface area contributed by atoms with Gasteiger partial charge in [-0.2, -0.15) is 0 Å². The summed E-state index contributed by atoms with van der Waals surface area (Å²) in [5.41, 5.74) is 0. The third-order valence-electron chi connectivity index (χ3n) is 5.27. The zero-order valence-corrected chi connectivity index (χ0v) is 19.5. The Morgan fingerprint density at radius 1 is 1.13 bits per heavy atom. The van der Waals surface area contributed by atoms with E-state index in [-0.39, 0.29) is 18.2 Å². The van der Waals surface area contributed by atoms with Gasteiger partial charge in [0.1, 0.15) is 11.8 Å². The maximum atomic E-state index is 13.0. The van der Waals surface area contributed by atoms with Crippen molar-refractivity contribution >= 4 is 19.4 Å². The number of carbonyl (C=O) groups excluding carboxylic acids is 2. The third kappa shape index (κ3) is 10.9. The first-order valence-electron chi connectivity index (χ1n) is 11.2. The fourth-order valence-corrected chi connectivity index (χ4v) is 4.42. The van der Waals surface area contributed by atoms with Crippen molar-refractivity contribution in [3.05, 3.63) is 0 Å². The molecule has 176 valence electrons. The van der Waals surface area contributed by atoms with E-state index in [2.05, 4.69) is 21.3 Å². The van der Waals surface area contributed by atoms with Gasteiger partial charge in [0.15, 0.2) is 0 Å². The number of hydrogen-bond acceptors (Lipinski definition) is 5. The van der Waals surface area contributed by atoms with Gasteiger partial charge in [-0.25, -0.2) is 0 Å². The van der Waals surface area contributed by atoms with Crippen LogP contribution in [0.3, 0.4) is 0 Å². The van der Waals surface area contributed by atoms with Crippen molar-refractivity contribution in [2.24, 2.45) is 5.92 Å². The maximum Gasteiger partial charge on any atom is 0.342 e. The Kier molecular flexibility index (Phi) is 12.8. The summed E-state index contributed by atoms with van der Waals surface area (Å²) in [6, 6.07) is -1.44. The summed E-state index contributed by atoms with van der Waals surface area (Å²) in [5.74, 6) is -1.55. The van der Waals surface area contributed by atoms with Crippen LogP contribution in [0, 0.1) is 5.92 Å². The van der Waals surface area contributed by atoms with Gasteiger partial charge >= 0.3 is 7.60 Å². The van der Waals surface area contributed by atoms with Crippen LogP contribution >= 0.6 is 7.60 Å². The van der Waals surface area contributed by atoms with Gasteiger partial charge in [0, 0.05) is 6.54 Å². The zero-order chi connectivity index (χ0) is 22.6. The topological polar surface area (TPSA) is 140 Å². The molecule has 0 radical (unpaired) electrons. The predicted octanol–water partition coefficient (Wildman–Crippen LogP) is 1.45. The SMILES string of the molecule is CC[C@H](N[C@@H](CC(C)C)C(=O)NC1CCCNCCCCCCNC1=O)P(=O)(O)O. The summed E-state index contributed by atoms with van der Waals surface area (Å²) in [5, 5.41) is 11.9. The molecule has 1 aliphatic rings. The summed E-state index contributed by atoms with van der Waals surface area (Å²) in [6.45, 7) is 7.87. The molecule has 9 nitrogen and oxygen atoms in total. The molecule has 0 aliphatic carbocycles. The molecule has 1 fully saturated rings. The monoisotopic (exact) mass is 448 g/mol. The normalized spacial score (nSPS) is 22.2. The van der Waals surface area contributed by atoms with Crippen LogP contribution in [0.2, 0.25) is 0 Å². The van der Waals surface area contributed by atoms with E-state index in [0.29, 0.717) is 19.4 Å². The quantitative estimate of drug-likeness (QED) is 0.309. The second-order valence-electron chi connectivity index (χ2n) is 8.52. The molecule has 0 saturated carbocycles. The molecule has 1 heterocycles. The molecule has 6 N–H and O–H groups in total. The number of rotatable bonds is 8. The Morgan fingerprint density at radius 3 is 2.37 bits per heavy atom. The van der Waals surface area contributed by atoms with Crippen molar-refractivity contribution in [2.75, 3.05) is 19.6 Å². The fraction of sp³-hybridized carbons (Fsp3) is 0.900. The summed E-state index contributed by atoms with van der Waals surface area (Å²) < 4.78 is 11.7. The highest BCUT2D eigenvalue weighted by atomic mass is 31.2. The van der Waals surface area contributed by atoms with Gasteiger partial charge in [-0.1, -0.05) is 33.6 Å². The minimum Gasteiger partial charge on any atom is -0.354 e. The van der Waals surface area contributed by atoms with Gasteiger partial charge in [-0.15, -0.1) is 0 Å². The highest BCUT2D eigenvalue weighted by Gasteiger charge is 2.33. The maximum absolute atomic E-state index is 13.0. The minimum atomic E-state index is -4.38. The van der Waals surface area contributed by atoms with E-state index in [1.54, 1.807) is 6.92 Å². The van der Waals surface area contributed by atoms with Crippen molar-refractivity contribution in [1.82, 2.24) is 21.3 Å². The summed E-state index contributed by atoms with van der Waals surface area (Å²) in [6.07, 6.45) is 6.08. The molecule has 0 aromatic carbocycles. The van der Waals surface area contributed by atoms with Crippen LogP contribution in [0.4, 0.5) is 0 Å². The highest BCUT2D eigenvalue weighted by molar-refractivity contribution is 7.52. The lowest BCUT2D eigenvalue weighted by Gasteiger charge is -2.28. The van der Waals surface area contributed by atoms with E-state index in [1.165, 1.54) is 0 Å². The zero-order valence-electron chi connectivity index (χ0n) is 18.7. The van der Waals surface area contributed by atoms with Gasteiger partial charge in [-0.05, 0) is 57.5 Å². The predicted molar refractivity (Wildman–Crippen MR) is 118 cm³/mol. The average molecular weight is 449 g/mol. The number of carbonyl (C=O) groups is 2. The van der Waals surface area contributed by atoms with Crippen LogP contribution < -0.4 is 21.3 Å². The molecule has 1 saturated heterocycles. The molecule has 0 aromatic rings. The molecular weight excluding hydrogens is 407 g/mol. The summed E-state index contributed by atoms with van der Waals surface area (Å²) >= 11 is 0. The molecule has 1 aliphatic heterocycles. The molecule has 0 bridgehead atoms. The van der Waals surface area contributed by atoms with Crippen LogP contribution in [-0.2, 0) is 14.2 Å². The van der Waals surface area contributed by atoms with Crippen molar-refractivity contribution < 1.29 is 23.9 Å². The van der Waals surface area contributed by atoms with Gasteiger partial charge in [-0.3, -0.25) is 19.5 Å². The molecule has 1 unspecified atom stereocenters. The van der Waals surface area contributed by atoms with Crippen LogP contribution in [0.1, 0.15) is 72.1 Å². The van der Waals surface area contributed by atoms with Crippen molar-refractivity contribution in [2.45, 2.75) is 90.0 Å². The van der Waals surface area contributed by atoms with E-state index in [9.17, 15) is 23.9 Å². The Labute approximate surface area is 180 Å². The van der Waals surface area contributed by atoms with Crippen LogP contribution in [0.15, 0.2) is 0 Å². The fourth-order valence-electron chi connectivity index (χ4n) is 3.57. The second kappa shape index (κ2) is 14.1. The molecular formula is C20H41N4O5P. The molecule has 30 heavy (non-hydrogen) atoms. The van der Waals surface area contributed by atoms with Crippen molar-refractivity contribution in [3.63, 3.8) is 0 Å². The van der Waals surface area contributed by atoms with Crippen molar-refractivity contribution in [1.29, 1.82) is 0 Å². The van der Waals surface area contributed by atoms with Crippen LogP contribution in [0.25, 0.3) is 0 Å². The van der Waals surface area contributed by atoms with Gasteiger partial charge in [0.2, 0.25) is 11.8 Å². The lowest BCUT2D eigenvalue weighted by Crippen LogP contribution is -2.54. The van der Waals surface area contributed by atoms with E-state index in [0.717, 1.165) is 45.2 Å². The van der Waals surface area contributed by atoms with E-state index >= 15 is 0 Å². The van der Waals surface area contributed by atoms with Crippen molar-refractivity contribution in [3.8, 4) is 0 Å². The lowest BCUT2D eigenvalue weighted by molar-refractivity contribution is -0.130. The molecule has 0 spiro atoms. The first-order chi connectivity index (χ1) is 14.1. The van der Waals surface area contributed by atoms with E-state index in [4.69, 9.17) is 0 Å².